The van der Waals surface area contributed by atoms with Crippen molar-refractivity contribution in [2.24, 2.45) is 4.99 Å². The minimum absolute atomic E-state index is 0.000480. The molecule has 0 fully saturated rings. The lowest BCUT2D eigenvalue weighted by Gasteiger charge is -2.39. The van der Waals surface area contributed by atoms with Gasteiger partial charge in [-0.15, -0.1) is 0 Å². The Morgan fingerprint density at radius 3 is 2.35 bits per heavy atom. The minimum Gasteiger partial charge on any atom is -0.294 e. The predicted molar refractivity (Wildman–Crippen MR) is 61.3 cm³/mol. The van der Waals surface area contributed by atoms with E-state index in [9.17, 15) is 13.2 Å². The Bertz CT molecular complexity index is 386. The van der Waals surface area contributed by atoms with Gasteiger partial charge in [0.05, 0.1) is 6.54 Å². The molecule has 2 nitrogen and oxygen atoms in total. The molecule has 0 aromatic rings. The van der Waals surface area contributed by atoms with Crippen molar-refractivity contribution in [1.82, 2.24) is 4.90 Å². The second kappa shape index (κ2) is 3.83. The SMILES string of the molecule is CC(C)(C)N1CCC2=C(CN=C2C(F)(F)F)C1. The van der Waals surface area contributed by atoms with E-state index in [1.54, 1.807) is 0 Å². The van der Waals surface area contributed by atoms with E-state index in [1.165, 1.54) is 0 Å². The number of hydrogen-bond acceptors (Lipinski definition) is 2. The average Bonchev–Trinajstić information content (AvgIpc) is 2.57. The summed E-state index contributed by atoms with van der Waals surface area (Å²) in [5.41, 5.74) is 0.650. The molecule has 0 aromatic carbocycles. The number of rotatable bonds is 0. The average molecular weight is 246 g/mol. The van der Waals surface area contributed by atoms with Gasteiger partial charge in [-0.2, -0.15) is 13.2 Å². The molecule has 0 radical (unpaired) electrons. The van der Waals surface area contributed by atoms with Crippen molar-refractivity contribution in [3.63, 3.8) is 0 Å². The summed E-state index contributed by atoms with van der Waals surface area (Å²) in [6.07, 6.45) is -3.83. The molecular weight excluding hydrogens is 229 g/mol. The topological polar surface area (TPSA) is 15.6 Å². The lowest BCUT2D eigenvalue weighted by molar-refractivity contribution is -0.0583. The normalized spacial score (nSPS) is 22.8. The summed E-state index contributed by atoms with van der Waals surface area (Å²) in [6.45, 7) is 7.76. The van der Waals surface area contributed by atoms with Crippen LogP contribution in [0.2, 0.25) is 0 Å². The summed E-state index contributed by atoms with van der Waals surface area (Å²) < 4.78 is 38.1. The van der Waals surface area contributed by atoms with E-state index in [0.29, 0.717) is 25.1 Å². The van der Waals surface area contributed by atoms with Gasteiger partial charge in [0.2, 0.25) is 0 Å². The first kappa shape index (κ1) is 12.6. The molecule has 2 rings (SSSR count). The second-order valence-corrected chi connectivity index (χ2v) is 5.59. The molecule has 0 saturated carbocycles. The zero-order valence-electron chi connectivity index (χ0n) is 10.4. The van der Waals surface area contributed by atoms with E-state index < -0.39 is 11.9 Å². The fraction of sp³-hybridized carbons (Fsp3) is 0.750. The second-order valence-electron chi connectivity index (χ2n) is 5.59. The number of halogens is 3. The van der Waals surface area contributed by atoms with Crippen LogP contribution < -0.4 is 0 Å². The Kier molecular flexibility index (Phi) is 2.84. The van der Waals surface area contributed by atoms with Gasteiger partial charge in [0.15, 0.2) is 0 Å². The van der Waals surface area contributed by atoms with Crippen LogP contribution >= 0.6 is 0 Å². The molecular formula is C12H17F3N2. The molecule has 0 amide bonds. The van der Waals surface area contributed by atoms with E-state index in [4.69, 9.17) is 0 Å². The van der Waals surface area contributed by atoms with E-state index >= 15 is 0 Å². The number of hydrogen-bond donors (Lipinski definition) is 0. The van der Waals surface area contributed by atoms with Gasteiger partial charge in [-0.05, 0) is 38.3 Å². The highest BCUT2D eigenvalue weighted by atomic mass is 19.4. The number of alkyl halides is 3. The summed E-state index contributed by atoms with van der Waals surface area (Å²) in [7, 11) is 0. The van der Waals surface area contributed by atoms with Crippen LogP contribution in [0.1, 0.15) is 27.2 Å². The van der Waals surface area contributed by atoms with Gasteiger partial charge in [0.25, 0.3) is 0 Å². The molecule has 0 spiro atoms. The van der Waals surface area contributed by atoms with Gasteiger partial charge in [-0.1, -0.05) is 0 Å². The summed E-state index contributed by atoms with van der Waals surface area (Å²) >= 11 is 0. The predicted octanol–water partition coefficient (Wildman–Crippen LogP) is 2.80. The Hall–Kier alpha value is -0.840. The largest absolute Gasteiger partial charge is 0.433 e. The highest BCUT2D eigenvalue weighted by Gasteiger charge is 2.43. The van der Waals surface area contributed by atoms with Crippen LogP contribution in [0.3, 0.4) is 0 Å². The monoisotopic (exact) mass is 246 g/mol. The van der Waals surface area contributed by atoms with Gasteiger partial charge >= 0.3 is 6.18 Å². The molecule has 0 bridgehead atoms. The fourth-order valence-corrected chi connectivity index (χ4v) is 2.36. The smallest absolute Gasteiger partial charge is 0.294 e. The van der Waals surface area contributed by atoms with Crippen molar-refractivity contribution >= 4 is 5.71 Å². The molecule has 96 valence electrons. The maximum Gasteiger partial charge on any atom is 0.433 e. The molecule has 0 saturated heterocycles. The summed E-state index contributed by atoms with van der Waals surface area (Å²) in [5.74, 6) is 0. The van der Waals surface area contributed by atoms with Crippen LogP contribution in [0.25, 0.3) is 0 Å². The van der Waals surface area contributed by atoms with Gasteiger partial charge in [-0.3, -0.25) is 9.89 Å². The molecule has 17 heavy (non-hydrogen) atoms. The van der Waals surface area contributed by atoms with Crippen LogP contribution in [0, 0.1) is 0 Å². The molecule has 0 atom stereocenters. The lowest BCUT2D eigenvalue weighted by atomic mass is 9.94. The maximum absolute atomic E-state index is 12.7. The van der Waals surface area contributed by atoms with Crippen LogP contribution in [0.15, 0.2) is 16.1 Å². The maximum atomic E-state index is 12.7. The Balaban J connectivity index is 2.19. The van der Waals surface area contributed by atoms with Crippen molar-refractivity contribution in [2.45, 2.75) is 38.9 Å². The third-order valence-corrected chi connectivity index (χ3v) is 3.37. The Morgan fingerprint density at radius 1 is 1.18 bits per heavy atom. The zero-order valence-corrected chi connectivity index (χ0v) is 10.4. The third kappa shape index (κ3) is 2.39. The molecule has 5 heteroatoms. The van der Waals surface area contributed by atoms with Crippen molar-refractivity contribution in [3.05, 3.63) is 11.1 Å². The molecule has 2 aliphatic heterocycles. The third-order valence-electron chi connectivity index (χ3n) is 3.37. The molecule has 0 aromatic heterocycles. The molecule has 0 N–H and O–H groups in total. The molecule has 2 aliphatic rings. The highest BCUT2D eigenvalue weighted by Crippen LogP contribution is 2.34. The highest BCUT2D eigenvalue weighted by molar-refractivity contribution is 6.06. The summed E-state index contributed by atoms with van der Waals surface area (Å²) in [4.78, 5) is 5.87. The van der Waals surface area contributed by atoms with Gasteiger partial charge < -0.3 is 0 Å². The first-order valence-electron chi connectivity index (χ1n) is 5.77. The first-order valence-corrected chi connectivity index (χ1v) is 5.77. The zero-order chi connectivity index (χ0) is 12.8. The van der Waals surface area contributed by atoms with Crippen LogP contribution in [0.4, 0.5) is 13.2 Å². The number of nitrogens with zero attached hydrogens (tertiary/aromatic N) is 2. The molecule has 2 heterocycles. The summed E-state index contributed by atoms with van der Waals surface area (Å²) in [5, 5.41) is 0. The molecule has 0 aliphatic carbocycles. The summed E-state index contributed by atoms with van der Waals surface area (Å²) in [6, 6.07) is 0. The number of aliphatic imine (C=N–C) groups is 1. The standard InChI is InChI=1S/C12H17F3N2/c1-11(2,3)17-5-4-9-8(7-17)6-16-10(9)12(13,14)15/h4-7H2,1-3H3. The van der Waals surface area contributed by atoms with Crippen molar-refractivity contribution < 1.29 is 13.2 Å². The van der Waals surface area contributed by atoms with Gasteiger partial charge in [-0.25, -0.2) is 0 Å². The van der Waals surface area contributed by atoms with Crippen LogP contribution in [0.5, 0.6) is 0 Å². The van der Waals surface area contributed by atoms with Gasteiger partial charge in [0.1, 0.15) is 5.71 Å². The molecule has 0 unspecified atom stereocenters. The van der Waals surface area contributed by atoms with E-state index in [0.717, 1.165) is 5.57 Å². The van der Waals surface area contributed by atoms with Crippen molar-refractivity contribution in [1.29, 1.82) is 0 Å². The van der Waals surface area contributed by atoms with E-state index in [2.05, 4.69) is 30.7 Å². The van der Waals surface area contributed by atoms with E-state index in [1.807, 2.05) is 0 Å². The Morgan fingerprint density at radius 2 is 1.82 bits per heavy atom. The van der Waals surface area contributed by atoms with Crippen molar-refractivity contribution in [2.75, 3.05) is 19.6 Å². The first-order chi connectivity index (χ1) is 7.69. The quantitative estimate of drug-likeness (QED) is 0.641. The van der Waals surface area contributed by atoms with Crippen molar-refractivity contribution in [3.8, 4) is 0 Å². The van der Waals surface area contributed by atoms with Crippen LogP contribution in [-0.4, -0.2) is 42.0 Å². The minimum atomic E-state index is -4.29. The lowest BCUT2D eigenvalue weighted by Crippen LogP contribution is -2.46. The Labute approximate surface area is 99.2 Å². The van der Waals surface area contributed by atoms with Gasteiger partial charge in [0, 0.05) is 18.6 Å². The van der Waals surface area contributed by atoms with Crippen LogP contribution in [-0.2, 0) is 0 Å². The fourth-order valence-electron chi connectivity index (χ4n) is 2.36. The van der Waals surface area contributed by atoms with E-state index in [-0.39, 0.29) is 12.1 Å².